The van der Waals surface area contributed by atoms with E-state index in [0.29, 0.717) is 43.3 Å². The second kappa shape index (κ2) is 8.11. The Morgan fingerprint density at radius 3 is 2.57 bits per heavy atom. The summed E-state index contributed by atoms with van der Waals surface area (Å²) in [6.07, 6.45) is 0.183. The van der Waals surface area contributed by atoms with Crippen LogP contribution in [0.3, 0.4) is 0 Å². The number of benzene rings is 1. The van der Waals surface area contributed by atoms with Crippen molar-refractivity contribution in [3.63, 3.8) is 0 Å². The molecule has 0 aliphatic carbocycles. The van der Waals surface area contributed by atoms with Crippen LogP contribution >= 0.6 is 0 Å². The molecule has 10 heteroatoms. The smallest absolute Gasteiger partial charge is 0.158 e. The van der Waals surface area contributed by atoms with Crippen molar-refractivity contribution in [1.29, 1.82) is 0 Å². The monoisotopic (exact) mass is 429 g/mol. The average molecular weight is 429 g/mol. The number of carbonyl (C=O) groups excluding carboxylic acids is 1. The third kappa shape index (κ3) is 4.65. The summed E-state index contributed by atoms with van der Waals surface area (Å²) >= 11 is 0. The summed E-state index contributed by atoms with van der Waals surface area (Å²) in [4.78, 5) is 26.9. The molecule has 30 heavy (non-hydrogen) atoms. The molecule has 4 rings (SSSR count). The highest BCUT2D eigenvalue weighted by atomic mass is 32.2. The van der Waals surface area contributed by atoms with Crippen molar-refractivity contribution >= 4 is 21.5 Å². The summed E-state index contributed by atoms with van der Waals surface area (Å²) in [7, 11) is -2.88. The summed E-state index contributed by atoms with van der Waals surface area (Å²) in [5.41, 5.74) is 2.85. The van der Waals surface area contributed by atoms with Gasteiger partial charge in [0.2, 0.25) is 0 Å². The van der Waals surface area contributed by atoms with Gasteiger partial charge in [-0.3, -0.25) is 4.90 Å². The van der Waals surface area contributed by atoms with Gasteiger partial charge in [0.25, 0.3) is 0 Å². The number of sulfone groups is 1. The van der Waals surface area contributed by atoms with Gasteiger partial charge in [-0.15, -0.1) is 0 Å². The summed E-state index contributed by atoms with van der Waals surface area (Å²) in [5, 5.41) is 15.2. The Morgan fingerprint density at radius 1 is 1.20 bits per heavy atom. The van der Waals surface area contributed by atoms with Gasteiger partial charge >= 0.3 is 0 Å². The quantitative estimate of drug-likeness (QED) is 0.662. The molecule has 0 bridgehead atoms. The molecule has 2 aliphatic rings. The van der Waals surface area contributed by atoms with Crippen LogP contribution < -0.4 is 5.11 Å². The number of carboxylic acid groups (broad SMARTS) is 1. The van der Waals surface area contributed by atoms with Crippen molar-refractivity contribution in [3.8, 4) is 0 Å². The molecule has 0 N–H and O–H groups in total. The van der Waals surface area contributed by atoms with E-state index in [2.05, 4.69) is 20.0 Å². The number of nitrogens with zero attached hydrogens (tertiary/aromatic N) is 4. The van der Waals surface area contributed by atoms with E-state index in [4.69, 9.17) is 4.84 Å². The maximum Gasteiger partial charge on any atom is 0.158 e. The maximum atomic E-state index is 11.5. The highest BCUT2D eigenvalue weighted by Gasteiger charge is 2.26. The summed E-state index contributed by atoms with van der Waals surface area (Å²) in [6.45, 7) is 3.42. The molecule has 1 aromatic carbocycles. The van der Waals surface area contributed by atoms with Gasteiger partial charge in [-0.25, -0.2) is 18.4 Å². The number of aryl methyl sites for hydroxylation is 1. The minimum Gasteiger partial charge on any atom is -0.543 e. The lowest BCUT2D eigenvalue weighted by molar-refractivity contribution is -0.255. The lowest BCUT2D eigenvalue weighted by atomic mass is 10.0. The molecule has 1 fully saturated rings. The van der Waals surface area contributed by atoms with E-state index in [0.717, 1.165) is 11.1 Å². The number of carbonyl (C=O) groups is 1. The fourth-order valence-corrected chi connectivity index (χ4v) is 4.81. The van der Waals surface area contributed by atoms with E-state index < -0.39 is 15.8 Å². The zero-order valence-corrected chi connectivity index (χ0v) is 17.3. The topological polar surface area (TPSA) is 125 Å². The maximum absolute atomic E-state index is 11.5. The largest absolute Gasteiger partial charge is 0.543 e. The molecule has 0 radical (unpaired) electrons. The van der Waals surface area contributed by atoms with Crippen molar-refractivity contribution in [2.24, 2.45) is 5.16 Å². The summed E-state index contributed by atoms with van der Waals surface area (Å²) in [6, 6.07) is 9.29. The molecule has 1 unspecified atom stereocenters. The Labute approximate surface area is 174 Å². The van der Waals surface area contributed by atoms with E-state index in [1.807, 2.05) is 24.3 Å². The predicted molar refractivity (Wildman–Crippen MR) is 106 cm³/mol. The molecule has 0 amide bonds. The van der Waals surface area contributed by atoms with Crippen LogP contribution in [0.1, 0.15) is 45.7 Å². The fourth-order valence-electron chi connectivity index (χ4n) is 3.53. The Hall–Kier alpha value is -2.85. The molecular formula is C20H21N4O5S-. The molecular weight excluding hydrogens is 408 g/mol. The number of hydrogen-bond acceptors (Lipinski definition) is 9. The van der Waals surface area contributed by atoms with Crippen LogP contribution in [0.2, 0.25) is 0 Å². The molecule has 158 valence electrons. The van der Waals surface area contributed by atoms with Crippen LogP contribution in [0.25, 0.3) is 0 Å². The fraction of sp³-hybridized carbons (Fsp3) is 0.400. The van der Waals surface area contributed by atoms with E-state index >= 15 is 0 Å². The first-order chi connectivity index (χ1) is 14.3. The Balaban J connectivity index is 1.39. The molecule has 2 aromatic rings. The number of aromatic carboxylic acids is 1. The normalized spacial score (nSPS) is 21.1. The lowest BCUT2D eigenvalue weighted by Gasteiger charge is -2.26. The Morgan fingerprint density at radius 2 is 1.90 bits per heavy atom. The molecule has 3 heterocycles. The van der Waals surface area contributed by atoms with Crippen molar-refractivity contribution in [3.05, 3.63) is 58.7 Å². The molecule has 9 nitrogen and oxygen atoms in total. The zero-order valence-electron chi connectivity index (χ0n) is 16.4. The predicted octanol–water partition coefficient (Wildman–Crippen LogP) is 0.245. The molecule has 1 aromatic heterocycles. The van der Waals surface area contributed by atoms with Crippen LogP contribution in [0, 0.1) is 6.92 Å². The molecule has 2 aliphatic heterocycles. The van der Waals surface area contributed by atoms with Crippen LogP contribution in [-0.4, -0.2) is 59.6 Å². The van der Waals surface area contributed by atoms with E-state index in [9.17, 15) is 18.3 Å². The third-order valence-electron chi connectivity index (χ3n) is 5.21. The first kappa shape index (κ1) is 20.4. The highest BCUT2D eigenvalue weighted by molar-refractivity contribution is 7.91. The standard InChI is InChI=1S/C20H22N4O5S/c1-13-21-16(10-18(22-13)20(25)26)17-11-19(29-23-17)15-4-2-14(3-5-15)12-24-6-8-30(27,28)9-7-24/h2-5,10,19H,6-9,11-12H2,1H3,(H,25,26)/p-1. The average Bonchev–Trinajstić information content (AvgIpc) is 3.20. The SMILES string of the molecule is Cc1nc(C(=O)[O-])cc(C2=NOC(c3ccc(CN4CCS(=O)(=O)CC4)cc3)C2)n1. The van der Waals surface area contributed by atoms with Crippen molar-refractivity contribution in [1.82, 2.24) is 14.9 Å². The summed E-state index contributed by atoms with van der Waals surface area (Å²) in [5.74, 6) is -0.612. The van der Waals surface area contributed by atoms with Gasteiger partial charge in [0.1, 0.15) is 11.5 Å². The number of hydrogen-bond donors (Lipinski definition) is 0. The van der Waals surface area contributed by atoms with E-state index in [-0.39, 0.29) is 23.3 Å². The van der Waals surface area contributed by atoms with Crippen LogP contribution in [0.5, 0.6) is 0 Å². The first-order valence-electron chi connectivity index (χ1n) is 9.61. The molecule has 1 atom stereocenters. The first-order valence-corrected chi connectivity index (χ1v) is 11.4. The minimum atomic E-state index is -2.88. The van der Waals surface area contributed by atoms with Crippen LogP contribution in [0.4, 0.5) is 0 Å². The van der Waals surface area contributed by atoms with Gasteiger partial charge in [0.15, 0.2) is 15.9 Å². The van der Waals surface area contributed by atoms with E-state index in [1.54, 1.807) is 6.92 Å². The molecule has 0 saturated carbocycles. The van der Waals surface area contributed by atoms with Crippen molar-refractivity contribution < 1.29 is 23.2 Å². The molecule has 1 saturated heterocycles. The third-order valence-corrected chi connectivity index (χ3v) is 6.82. The summed E-state index contributed by atoms with van der Waals surface area (Å²) < 4.78 is 23.1. The lowest BCUT2D eigenvalue weighted by Crippen LogP contribution is -2.39. The van der Waals surface area contributed by atoms with Gasteiger partial charge in [-0.1, -0.05) is 29.4 Å². The van der Waals surface area contributed by atoms with Gasteiger partial charge < -0.3 is 14.7 Å². The molecule has 0 spiro atoms. The second-order valence-electron chi connectivity index (χ2n) is 7.48. The van der Waals surface area contributed by atoms with Crippen LogP contribution in [-0.2, 0) is 21.2 Å². The van der Waals surface area contributed by atoms with Crippen LogP contribution in [0.15, 0.2) is 35.5 Å². The minimum absolute atomic E-state index is 0.182. The van der Waals surface area contributed by atoms with E-state index in [1.165, 1.54) is 6.07 Å². The number of carboxylic acids is 1. The van der Waals surface area contributed by atoms with Gasteiger partial charge in [0.05, 0.1) is 28.9 Å². The Bertz CT molecular complexity index is 1080. The van der Waals surface area contributed by atoms with Gasteiger partial charge in [0, 0.05) is 26.1 Å². The van der Waals surface area contributed by atoms with Gasteiger partial charge in [-0.2, -0.15) is 0 Å². The number of aromatic nitrogens is 2. The number of rotatable bonds is 5. The Kier molecular flexibility index (Phi) is 5.52. The van der Waals surface area contributed by atoms with Crippen molar-refractivity contribution in [2.45, 2.75) is 26.0 Å². The second-order valence-corrected chi connectivity index (χ2v) is 9.78. The zero-order chi connectivity index (χ0) is 21.3. The highest BCUT2D eigenvalue weighted by Crippen LogP contribution is 2.29. The van der Waals surface area contributed by atoms with Gasteiger partial charge in [-0.05, 0) is 24.1 Å². The van der Waals surface area contributed by atoms with Crippen molar-refractivity contribution in [2.75, 3.05) is 24.6 Å². The number of oxime groups is 1.